The van der Waals surface area contributed by atoms with Crippen LogP contribution in [0.15, 0.2) is 54.6 Å². The second-order valence-electron chi connectivity index (χ2n) is 6.16. The van der Waals surface area contributed by atoms with Crippen molar-refractivity contribution in [2.45, 2.75) is 32.4 Å². The second kappa shape index (κ2) is 8.23. The van der Waals surface area contributed by atoms with Crippen LogP contribution in [0.3, 0.4) is 0 Å². The van der Waals surface area contributed by atoms with Crippen LogP contribution in [-0.2, 0) is 13.1 Å². The van der Waals surface area contributed by atoms with Crippen molar-refractivity contribution in [1.29, 1.82) is 0 Å². The van der Waals surface area contributed by atoms with E-state index in [0.29, 0.717) is 0 Å². The fourth-order valence-corrected chi connectivity index (χ4v) is 3.38. The van der Waals surface area contributed by atoms with Crippen LogP contribution in [0.4, 0.5) is 0 Å². The number of thiocarbonyl (C=S) groups is 1. The van der Waals surface area contributed by atoms with Gasteiger partial charge < -0.3 is 5.32 Å². The summed E-state index contributed by atoms with van der Waals surface area (Å²) >= 11 is 5.65. The van der Waals surface area contributed by atoms with Crippen molar-refractivity contribution in [2.75, 3.05) is 13.1 Å². The number of rotatable bonds is 5. The molecule has 2 aromatic carbocycles. The summed E-state index contributed by atoms with van der Waals surface area (Å²) in [5.74, 6) is 0. The van der Waals surface area contributed by atoms with E-state index < -0.39 is 0 Å². The summed E-state index contributed by atoms with van der Waals surface area (Å²) in [6.07, 6.45) is 4.01. The van der Waals surface area contributed by atoms with Crippen LogP contribution in [-0.4, -0.2) is 23.0 Å². The van der Waals surface area contributed by atoms with Crippen LogP contribution >= 0.6 is 12.2 Å². The highest BCUT2D eigenvalue weighted by Gasteiger charge is 2.14. The molecule has 0 saturated carbocycles. The molecule has 3 heteroatoms. The molecule has 120 valence electrons. The van der Waals surface area contributed by atoms with Gasteiger partial charge in [0, 0.05) is 18.7 Å². The van der Waals surface area contributed by atoms with Crippen molar-refractivity contribution in [2.24, 2.45) is 0 Å². The summed E-state index contributed by atoms with van der Waals surface area (Å²) in [6, 6.07) is 18.9. The van der Waals surface area contributed by atoms with Gasteiger partial charge in [0.1, 0.15) is 4.99 Å². The molecule has 23 heavy (non-hydrogen) atoms. The van der Waals surface area contributed by atoms with Crippen LogP contribution < -0.4 is 5.32 Å². The van der Waals surface area contributed by atoms with E-state index in [2.05, 4.69) is 58.7 Å². The minimum atomic E-state index is 0.776. The summed E-state index contributed by atoms with van der Waals surface area (Å²) in [5.41, 5.74) is 3.76. The molecule has 1 N–H and O–H groups in total. The Morgan fingerprint density at radius 3 is 2.39 bits per heavy atom. The molecule has 2 nitrogen and oxygen atoms in total. The quantitative estimate of drug-likeness (QED) is 0.832. The molecule has 0 aliphatic carbocycles. The molecule has 2 aromatic rings. The molecule has 0 radical (unpaired) electrons. The van der Waals surface area contributed by atoms with Crippen molar-refractivity contribution in [1.82, 2.24) is 10.2 Å². The van der Waals surface area contributed by atoms with Gasteiger partial charge in [0.25, 0.3) is 0 Å². The minimum absolute atomic E-state index is 0.776. The third kappa shape index (κ3) is 4.63. The Kier molecular flexibility index (Phi) is 5.78. The topological polar surface area (TPSA) is 15.3 Å². The first-order valence-electron chi connectivity index (χ1n) is 8.45. The lowest BCUT2D eigenvalue weighted by atomic mass is 10.0. The minimum Gasteiger partial charge on any atom is -0.372 e. The molecule has 1 saturated heterocycles. The third-order valence-electron chi connectivity index (χ3n) is 4.40. The normalized spacial score (nSPS) is 15.3. The van der Waals surface area contributed by atoms with Gasteiger partial charge in [0.2, 0.25) is 0 Å². The van der Waals surface area contributed by atoms with Crippen molar-refractivity contribution in [3.8, 4) is 0 Å². The van der Waals surface area contributed by atoms with E-state index in [1.807, 2.05) is 6.07 Å². The number of hydrogen-bond acceptors (Lipinski definition) is 2. The zero-order valence-electron chi connectivity index (χ0n) is 13.5. The molecular weight excluding hydrogens is 300 g/mol. The monoisotopic (exact) mass is 324 g/mol. The highest BCUT2D eigenvalue weighted by atomic mass is 32.1. The zero-order chi connectivity index (χ0) is 15.9. The van der Waals surface area contributed by atoms with Crippen LogP contribution in [0.25, 0.3) is 0 Å². The standard InChI is InChI=1S/C20H24N2S/c23-20(21-15-17-9-3-1-4-10-17)19-12-6-5-11-18(19)16-22-13-7-2-8-14-22/h1,3-6,9-12H,2,7-8,13-16H2,(H,21,23). The van der Waals surface area contributed by atoms with E-state index in [0.717, 1.165) is 18.1 Å². The summed E-state index contributed by atoms with van der Waals surface area (Å²) in [6.45, 7) is 4.19. The molecule has 0 spiro atoms. The van der Waals surface area contributed by atoms with Gasteiger partial charge in [-0.3, -0.25) is 4.90 Å². The van der Waals surface area contributed by atoms with E-state index in [-0.39, 0.29) is 0 Å². The van der Waals surface area contributed by atoms with Crippen molar-refractivity contribution in [3.63, 3.8) is 0 Å². The fourth-order valence-electron chi connectivity index (χ4n) is 3.11. The molecule has 1 fully saturated rings. The maximum Gasteiger partial charge on any atom is 0.107 e. The Bertz CT molecular complexity index is 633. The van der Waals surface area contributed by atoms with Crippen molar-refractivity contribution < 1.29 is 0 Å². The smallest absolute Gasteiger partial charge is 0.107 e. The lowest BCUT2D eigenvalue weighted by Crippen LogP contribution is -2.30. The van der Waals surface area contributed by atoms with Gasteiger partial charge >= 0.3 is 0 Å². The van der Waals surface area contributed by atoms with Crippen LogP contribution in [0.2, 0.25) is 0 Å². The number of hydrogen-bond donors (Lipinski definition) is 1. The summed E-state index contributed by atoms with van der Waals surface area (Å²) < 4.78 is 0. The Balaban J connectivity index is 1.65. The van der Waals surface area contributed by atoms with Gasteiger partial charge in [0.05, 0.1) is 0 Å². The van der Waals surface area contributed by atoms with Gasteiger partial charge in [-0.15, -0.1) is 0 Å². The summed E-state index contributed by atoms with van der Waals surface area (Å²) in [4.78, 5) is 3.39. The first-order valence-corrected chi connectivity index (χ1v) is 8.86. The van der Waals surface area contributed by atoms with Gasteiger partial charge in [0.15, 0.2) is 0 Å². The first kappa shape index (κ1) is 16.2. The second-order valence-corrected chi connectivity index (χ2v) is 6.57. The number of likely N-dealkylation sites (tertiary alicyclic amines) is 1. The number of piperidine rings is 1. The van der Waals surface area contributed by atoms with Gasteiger partial charge in [-0.05, 0) is 37.1 Å². The largest absolute Gasteiger partial charge is 0.372 e. The van der Waals surface area contributed by atoms with E-state index >= 15 is 0 Å². The maximum absolute atomic E-state index is 5.65. The highest BCUT2D eigenvalue weighted by Crippen LogP contribution is 2.16. The number of nitrogens with zero attached hydrogens (tertiary/aromatic N) is 1. The maximum atomic E-state index is 5.65. The molecule has 1 heterocycles. The summed E-state index contributed by atoms with van der Waals surface area (Å²) in [5, 5.41) is 3.41. The van der Waals surface area contributed by atoms with Crippen LogP contribution in [0.5, 0.6) is 0 Å². The Hall–Kier alpha value is -1.71. The zero-order valence-corrected chi connectivity index (χ0v) is 14.3. The van der Waals surface area contributed by atoms with Crippen LogP contribution in [0.1, 0.15) is 36.0 Å². The van der Waals surface area contributed by atoms with Gasteiger partial charge in [-0.2, -0.15) is 0 Å². The predicted octanol–water partition coefficient (Wildman–Crippen LogP) is 4.14. The molecule has 0 amide bonds. The van der Waals surface area contributed by atoms with E-state index in [1.165, 1.54) is 49.0 Å². The highest BCUT2D eigenvalue weighted by molar-refractivity contribution is 7.80. The molecule has 0 bridgehead atoms. The molecule has 0 aromatic heterocycles. The molecular formula is C20H24N2S. The molecule has 1 aliphatic heterocycles. The molecule has 0 atom stereocenters. The molecule has 1 aliphatic rings. The van der Waals surface area contributed by atoms with E-state index in [1.54, 1.807) is 0 Å². The average molecular weight is 324 g/mol. The average Bonchev–Trinajstić information content (AvgIpc) is 2.62. The van der Waals surface area contributed by atoms with E-state index in [4.69, 9.17) is 12.2 Å². The fraction of sp³-hybridized carbons (Fsp3) is 0.350. The number of nitrogens with one attached hydrogen (secondary N) is 1. The van der Waals surface area contributed by atoms with Gasteiger partial charge in [-0.1, -0.05) is 73.2 Å². The Labute approximate surface area is 144 Å². The lowest BCUT2D eigenvalue weighted by molar-refractivity contribution is 0.221. The van der Waals surface area contributed by atoms with Crippen molar-refractivity contribution in [3.05, 3.63) is 71.3 Å². The first-order chi connectivity index (χ1) is 11.3. The SMILES string of the molecule is S=C(NCc1ccccc1)c1ccccc1CN1CCCCC1. The number of benzene rings is 2. The van der Waals surface area contributed by atoms with Crippen molar-refractivity contribution >= 4 is 17.2 Å². The predicted molar refractivity (Wildman–Crippen MR) is 101 cm³/mol. The molecule has 3 rings (SSSR count). The summed E-state index contributed by atoms with van der Waals surface area (Å²) in [7, 11) is 0. The Morgan fingerprint density at radius 2 is 1.61 bits per heavy atom. The molecule has 0 unspecified atom stereocenters. The Morgan fingerprint density at radius 1 is 0.913 bits per heavy atom. The van der Waals surface area contributed by atoms with Gasteiger partial charge in [-0.25, -0.2) is 0 Å². The van der Waals surface area contributed by atoms with Crippen LogP contribution in [0, 0.1) is 0 Å². The lowest BCUT2D eigenvalue weighted by Gasteiger charge is -2.27. The third-order valence-corrected chi connectivity index (χ3v) is 4.76. The van der Waals surface area contributed by atoms with E-state index in [9.17, 15) is 0 Å².